The van der Waals surface area contributed by atoms with Gasteiger partial charge in [0.15, 0.2) is 0 Å². The monoisotopic (exact) mass is 687 g/mol. The number of anilines is 3. The van der Waals surface area contributed by atoms with Crippen molar-refractivity contribution in [2.75, 3.05) is 74.9 Å². The lowest BCUT2D eigenvalue weighted by Crippen LogP contribution is -2.50. The van der Waals surface area contributed by atoms with Crippen LogP contribution in [0.25, 0.3) is 11.5 Å². The number of hydrogen-bond donors (Lipinski definition) is 1. The summed E-state index contributed by atoms with van der Waals surface area (Å²) >= 11 is 1.50. The van der Waals surface area contributed by atoms with Crippen molar-refractivity contribution in [2.24, 2.45) is 5.41 Å². The topological polar surface area (TPSA) is 141 Å². The number of aryl methyl sites for hydroxylation is 1. The third kappa shape index (κ3) is 6.57. The Morgan fingerprint density at radius 3 is 2.37 bits per heavy atom. The second-order valence-corrected chi connectivity index (χ2v) is 16.8. The van der Waals surface area contributed by atoms with Crippen LogP contribution < -0.4 is 15.5 Å². The molecule has 12 nitrogen and oxygen atoms in total. The second kappa shape index (κ2) is 12.8. The minimum absolute atomic E-state index is 0.273. The Bertz CT molecular complexity index is 1730. The maximum Gasteiger partial charge on any atom is 0.410 e. The first-order valence-corrected chi connectivity index (χ1v) is 18.5. The van der Waals surface area contributed by atoms with E-state index in [0.717, 1.165) is 67.1 Å². The molecule has 3 aromatic rings. The zero-order valence-corrected chi connectivity index (χ0v) is 30.4. The summed E-state index contributed by atoms with van der Waals surface area (Å²) in [7, 11) is 2.22. The Kier molecular flexibility index (Phi) is 8.76. The minimum atomic E-state index is -0.605. The number of hydrogen-bond acceptors (Lipinski definition) is 12. The molecule has 3 saturated heterocycles. The number of aromatic nitrogens is 3. The lowest BCUT2D eigenvalue weighted by atomic mass is 9.71. The molecule has 13 heteroatoms. The van der Waals surface area contributed by atoms with E-state index < -0.39 is 11.0 Å². The van der Waals surface area contributed by atoms with Gasteiger partial charge in [0, 0.05) is 61.5 Å². The molecule has 6 heterocycles. The maximum atomic E-state index is 12.8. The molecule has 1 aliphatic carbocycles. The number of nitrogen functional groups attached to an aromatic ring is 1. The second-order valence-electron chi connectivity index (χ2n) is 15.7. The smallest absolute Gasteiger partial charge is 0.410 e. The molecule has 1 amide bonds. The SMILES string of the molecule is CN1CCC2(CC1)CCN(c1cc(N3CCN(C(=O)OC(C)(C)C)CC3)cc(-c3noc(C4(C)CCCc5sc(N)c(C#N)c54)n3)n1)CC2. The Balaban J connectivity index is 1.18. The summed E-state index contributed by atoms with van der Waals surface area (Å²) in [6, 6.07) is 6.56. The molecule has 2 N–H and O–H groups in total. The number of nitriles is 1. The zero-order valence-electron chi connectivity index (χ0n) is 29.5. The first-order valence-electron chi connectivity index (χ1n) is 17.7. The number of amides is 1. The molecule has 4 aliphatic rings. The van der Waals surface area contributed by atoms with Gasteiger partial charge in [-0.05, 0) is 104 Å². The molecule has 0 bridgehead atoms. The van der Waals surface area contributed by atoms with Crippen molar-refractivity contribution in [2.45, 2.75) is 83.7 Å². The highest BCUT2D eigenvalue weighted by atomic mass is 32.1. The predicted octanol–water partition coefficient (Wildman–Crippen LogP) is 5.66. The van der Waals surface area contributed by atoms with Gasteiger partial charge in [-0.15, -0.1) is 11.3 Å². The fourth-order valence-corrected chi connectivity index (χ4v) is 9.29. The third-order valence-corrected chi connectivity index (χ3v) is 12.2. The van der Waals surface area contributed by atoms with Crippen LogP contribution in [0.5, 0.6) is 0 Å². The molecule has 3 aromatic heterocycles. The van der Waals surface area contributed by atoms with Crippen LogP contribution >= 0.6 is 11.3 Å². The number of ether oxygens (including phenoxy) is 1. The van der Waals surface area contributed by atoms with E-state index in [9.17, 15) is 10.1 Å². The van der Waals surface area contributed by atoms with Gasteiger partial charge in [-0.1, -0.05) is 5.16 Å². The largest absolute Gasteiger partial charge is 0.444 e. The van der Waals surface area contributed by atoms with Gasteiger partial charge in [0.1, 0.15) is 28.2 Å². The summed E-state index contributed by atoms with van der Waals surface area (Å²) in [5.74, 6) is 1.84. The fourth-order valence-electron chi connectivity index (χ4n) is 8.10. The van der Waals surface area contributed by atoms with E-state index in [2.05, 4.69) is 46.0 Å². The summed E-state index contributed by atoms with van der Waals surface area (Å²) < 4.78 is 11.7. The molecule has 3 aliphatic heterocycles. The van der Waals surface area contributed by atoms with E-state index in [1.54, 1.807) is 4.90 Å². The van der Waals surface area contributed by atoms with E-state index in [-0.39, 0.29) is 6.09 Å². The minimum Gasteiger partial charge on any atom is -0.444 e. The van der Waals surface area contributed by atoms with E-state index in [0.29, 0.717) is 59.6 Å². The van der Waals surface area contributed by atoms with E-state index in [4.69, 9.17) is 25.0 Å². The van der Waals surface area contributed by atoms with E-state index in [1.807, 2.05) is 26.8 Å². The van der Waals surface area contributed by atoms with Crippen molar-refractivity contribution in [3.05, 3.63) is 34.0 Å². The van der Waals surface area contributed by atoms with Crippen LogP contribution in [-0.2, 0) is 16.6 Å². The van der Waals surface area contributed by atoms with Crippen LogP contribution in [-0.4, -0.2) is 96.0 Å². The molecule has 1 unspecified atom stereocenters. The summed E-state index contributed by atoms with van der Waals surface area (Å²) in [5.41, 5.74) is 8.71. The Morgan fingerprint density at radius 2 is 1.69 bits per heavy atom. The summed E-state index contributed by atoms with van der Waals surface area (Å²) in [6.07, 6.45) is 7.20. The van der Waals surface area contributed by atoms with Crippen molar-refractivity contribution in [1.82, 2.24) is 24.9 Å². The number of nitrogens with zero attached hydrogens (tertiary/aromatic N) is 8. The number of rotatable bonds is 4. The van der Waals surface area contributed by atoms with Crippen molar-refractivity contribution < 1.29 is 14.1 Å². The molecule has 1 spiro atoms. The number of fused-ring (bicyclic) bond motifs is 1. The Labute approximate surface area is 293 Å². The molecule has 262 valence electrons. The highest BCUT2D eigenvalue weighted by Gasteiger charge is 2.43. The van der Waals surface area contributed by atoms with Crippen LogP contribution in [0.3, 0.4) is 0 Å². The number of piperazine rings is 1. The molecule has 7 rings (SSSR count). The first kappa shape index (κ1) is 33.6. The Morgan fingerprint density at radius 1 is 1.00 bits per heavy atom. The van der Waals surface area contributed by atoms with Gasteiger partial charge in [0.05, 0.1) is 11.0 Å². The number of pyridine rings is 1. The maximum absolute atomic E-state index is 12.8. The highest BCUT2D eigenvalue weighted by molar-refractivity contribution is 7.16. The van der Waals surface area contributed by atoms with Gasteiger partial charge in [0.2, 0.25) is 11.7 Å². The quantitative estimate of drug-likeness (QED) is 0.363. The standard InChI is InChI=1S/C36H49N9O3S/c1-34(2,3)47-33(46)45-19-17-43(18-20-45)24-21-26(39-28(22-24)44-15-11-36(12-16-44)9-13-42(5)14-10-36)31-40-32(48-41-31)35(4)8-6-7-27-29(35)25(23-37)30(38)49-27/h21-22H,6-20,38H2,1-5H3. The van der Waals surface area contributed by atoms with Crippen LogP contribution in [0.15, 0.2) is 16.7 Å². The van der Waals surface area contributed by atoms with Crippen LogP contribution in [0.2, 0.25) is 0 Å². The summed E-state index contributed by atoms with van der Waals surface area (Å²) in [6.45, 7) is 14.5. The lowest BCUT2D eigenvalue weighted by molar-refractivity contribution is 0.0240. The number of likely N-dealkylation sites (tertiary alicyclic amines) is 1. The normalized spacial score (nSPS) is 23.0. The van der Waals surface area contributed by atoms with E-state index >= 15 is 0 Å². The van der Waals surface area contributed by atoms with E-state index in [1.165, 1.54) is 37.3 Å². The molecule has 3 fully saturated rings. The third-order valence-electron chi connectivity index (χ3n) is 11.2. The summed E-state index contributed by atoms with van der Waals surface area (Å²) in [5, 5.41) is 15.0. The van der Waals surface area contributed by atoms with Crippen molar-refractivity contribution in [3.63, 3.8) is 0 Å². The number of nitrogens with two attached hydrogens (primary N) is 1. The Hall–Kier alpha value is -3.89. The molecule has 0 radical (unpaired) electrons. The van der Waals surface area contributed by atoms with Crippen molar-refractivity contribution >= 4 is 33.9 Å². The molecular weight excluding hydrogens is 639 g/mol. The van der Waals surface area contributed by atoms with Gasteiger partial charge >= 0.3 is 6.09 Å². The predicted molar refractivity (Wildman–Crippen MR) is 191 cm³/mol. The molecule has 0 aromatic carbocycles. The van der Waals surface area contributed by atoms with Crippen molar-refractivity contribution in [1.29, 1.82) is 5.26 Å². The van der Waals surface area contributed by atoms with Crippen LogP contribution in [0.4, 0.5) is 21.3 Å². The number of piperidine rings is 2. The van der Waals surface area contributed by atoms with Gasteiger partial charge in [-0.25, -0.2) is 9.78 Å². The molecule has 0 saturated carbocycles. The molecule has 49 heavy (non-hydrogen) atoms. The highest BCUT2D eigenvalue weighted by Crippen LogP contribution is 2.49. The number of carbonyl (C=O) groups excluding carboxylic acids is 1. The van der Waals surface area contributed by atoms with Crippen LogP contribution in [0.1, 0.15) is 88.1 Å². The van der Waals surface area contributed by atoms with Crippen LogP contribution in [0, 0.1) is 16.7 Å². The zero-order chi connectivity index (χ0) is 34.6. The number of carbonyl (C=O) groups is 1. The van der Waals surface area contributed by atoms with Gasteiger partial charge < -0.3 is 34.6 Å². The molecular formula is C36H49N9O3S. The van der Waals surface area contributed by atoms with Gasteiger partial charge in [0.25, 0.3) is 0 Å². The average Bonchev–Trinajstić information content (AvgIpc) is 3.71. The number of thiophene rings is 1. The average molecular weight is 688 g/mol. The molecule has 1 atom stereocenters. The first-order chi connectivity index (χ1) is 23.4. The van der Waals surface area contributed by atoms with Gasteiger partial charge in [-0.3, -0.25) is 0 Å². The fraction of sp³-hybridized carbons (Fsp3) is 0.639. The van der Waals surface area contributed by atoms with Gasteiger partial charge in [-0.2, -0.15) is 10.2 Å². The summed E-state index contributed by atoms with van der Waals surface area (Å²) in [4.78, 5) is 33.0. The van der Waals surface area contributed by atoms with Crippen molar-refractivity contribution in [3.8, 4) is 17.6 Å². The lowest BCUT2D eigenvalue weighted by Gasteiger charge is -2.46.